The number of esters is 1. The molecule has 7 heteroatoms. The molecule has 1 aromatic heterocycles. The Bertz CT molecular complexity index is 712. The van der Waals surface area contributed by atoms with Crippen LogP contribution in [-0.2, 0) is 14.3 Å². The molecule has 27 heavy (non-hydrogen) atoms. The number of carbonyl (C=O) groups is 1. The fourth-order valence-corrected chi connectivity index (χ4v) is 4.83. The Morgan fingerprint density at radius 1 is 1.48 bits per heavy atom. The number of hydrogen-bond donors (Lipinski definition) is 2. The molecule has 6 nitrogen and oxygen atoms in total. The minimum atomic E-state index is -2.39. The topological polar surface area (TPSA) is 94.7 Å². The van der Waals surface area contributed by atoms with Gasteiger partial charge in [0, 0.05) is 31.0 Å². The van der Waals surface area contributed by atoms with Gasteiger partial charge < -0.3 is 20.0 Å². The van der Waals surface area contributed by atoms with Crippen molar-refractivity contribution in [3.05, 3.63) is 24.0 Å². The molecular weight excluding hydrogens is 360 g/mol. The number of nitrogens with zero attached hydrogens (tertiary/aromatic N) is 1. The van der Waals surface area contributed by atoms with Crippen LogP contribution in [0.1, 0.15) is 58.1 Å². The van der Waals surface area contributed by atoms with Gasteiger partial charge in [-0.15, -0.1) is 0 Å². The number of carbonyl (C=O) groups excluding carboxylic acids is 1. The molecule has 2 heterocycles. The zero-order valence-electron chi connectivity index (χ0n) is 17.0. The average Bonchev–Trinajstić information content (AvgIpc) is 3.29. The molecule has 0 amide bonds. The third kappa shape index (κ3) is 4.05. The van der Waals surface area contributed by atoms with E-state index in [1.807, 2.05) is 19.2 Å². The summed E-state index contributed by atoms with van der Waals surface area (Å²) in [7, 11) is -2.39. The average molecular weight is 393 g/mol. The summed E-state index contributed by atoms with van der Waals surface area (Å²) < 4.78 is 12.4. The second-order valence-electron chi connectivity index (χ2n) is 9.31. The lowest BCUT2D eigenvalue weighted by molar-refractivity contribution is -0.184. The fraction of sp³-hybridized carbons (Fsp3) is 0.700. The lowest BCUT2D eigenvalue weighted by Gasteiger charge is -2.47. The van der Waals surface area contributed by atoms with E-state index in [0.717, 1.165) is 24.8 Å². The Labute approximate surface area is 162 Å². The van der Waals surface area contributed by atoms with E-state index in [-0.39, 0.29) is 34.7 Å². The first kappa shape index (κ1) is 20.3. The minimum absolute atomic E-state index is 0.0784. The molecule has 3 N–H and O–H groups in total. The summed E-state index contributed by atoms with van der Waals surface area (Å²) in [4.78, 5) is 26.7. The maximum absolute atomic E-state index is 11.8. The van der Waals surface area contributed by atoms with E-state index in [4.69, 9.17) is 15.2 Å². The number of hydrogen-bond acceptors (Lipinski definition) is 6. The number of rotatable bonds is 5. The predicted octanol–water partition coefficient (Wildman–Crippen LogP) is 3.57. The molecule has 1 saturated heterocycles. The third-order valence-electron chi connectivity index (χ3n) is 6.63. The second-order valence-corrected chi connectivity index (χ2v) is 13.8. The molecule has 0 aromatic carbocycles. The molecule has 1 spiro atoms. The first-order chi connectivity index (χ1) is 12.5. The van der Waals surface area contributed by atoms with Crippen LogP contribution in [0.15, 0.2) is 18.5 Å². The van der Waals surface area contributed by atoms with Gasteiger partial charge in [-0.25, -0.2) is 0 Å². The quantitative estimate of drug-likeness (QED) is 0.587. The number of ether oxygens (including phenoxy) is 2. The Hall–Kier alpha value is -1.44. The Kier molecular flexibility index (Phi) is 5.16. The highest BCUT2D eigenvalue weighted by Gasteiger charge is 2.60. The van der Waals surface area contributed by atoms with E-state index in [1.54, 1.807) is 12.4 Å². The van der Waals surface area contributed by atoms with Crippen molar-refractivity contribution in [2.75, 3.05) is 5.73 Å². The van der Waals surface area contributed by atoms with E-state index in [2.05, 4.69) is 18.8 Å². The van der Waals surface area contributed by atoms with Crippen LogP contribution >= 0.6 is 0 Å². The van der Waals surface area contributed by atoms with E-state index in [0.29, 0.717) is 12.1 Å². The highest BCUT2D eigenvalue weighted by atomic mass is 28.4. The summed E-state index contributed by atoms with van der Waals surface area (Å²) in [6, 6.07) is 1.88. The van der Waals surface area contributed by atoms with Gasteiger partial charge in [-0.3, -0.25) is 9.78 Å². The highest BCUT2D eigenvalue weighted by molar-refractivity contribution is 6.72. The van der Waals surface area contributed by atoms with Gasteiger partial charge in [-0.1, -0.05) is 13.8 Å². The number of aromatic nitrogens is 1. The maximum Gasteiger partial charge on any atom is 0.302 e. The lowest BCUT2D eigenvalue weighted by Crippen LogP contribution is -2.49. The standard InChI is InChI=1S/C20H32N2O4Si/c1-13(23)25-18-10-17(14-6-9-22-12-16(14)21)26-20(7-8-20)15(18)11-19(2,3)27(4,5)24/h6,9,12,15,17-18,24H,7-8,10-11,21H2,1-5H3/t15-,17+,18+/m1/s1. The normalized spacial score (nSPS) is 27.4. The van der Waals surface area contributed by atoms with Gasteiger partial charge in [-0.2, -0.15) is 0 Å². The third-order valence-corrected chi connectivity index (χ3v) is 10.1. The largest absolute Gasteiger partial charge is 0.462 e. The molecule has 1 aliphatic heterocycles. The molecular formula is C20H32N2O4Si. The van der Waals surface area contributed by atoms with Gasteiger partial charge in [0.05, 0.1) is 23.6 Å². The molecule has 3 rings (SSSR count). The minimum Gasteiger partial charge on any atom is -0.462 e. The smallest absolute Gasteiger partial charge is 0.302 e. The molecule has 0 radical (unpaired) electrons. The van der Waals surface area contributed by atoms with Crippen molar-refractivity contribution in [2.45, 2.75) is 82.4 Å². The van der Waals surface area contributed by atoms with Crippen molar-refractivity contribution >= 4 is 20.0 Å². The molecule has 1 aromatic rings. The summed E-state index contributed by atoms with van der Waals surface area (Å²) in [5, 5.41) is -0.211. The number of anilines is 1. The van der Waals surface area contributed by atoms with E-state index in [9.17, 15) is 9.59 Å². The lowest BCUT2D eigenvalue weighted by atomic mass is 9.79. The monoisotopic (exact) mass is 392 g/mol. The van der Waals surface area contributed by atoms with Crippen LogP contribution in [-0.4, -0.2) is 35.8 Å². The van der Waals surface area contributed by atoms with Crippen molar-refractivity contribution in [1.82, 2.24) is 4.98 Å². The highest BCUT2D eigenvalue weighted by Crippen LogP contribution is 2.60. The van der Waals surface area contributed by atoms with Crippen molar-refractivity contribution < 1.29 is 19.1 Å². The van der Waals surface area contributed by atoms with Crippen molar-refractivity contribution in [3.8, 4) is 0 Å². The zero-order chi connectivity index (χ0) is 20.0. The van der Waals surface area contributed by atoms with Crippen LogP contribution in [0.3, 0.4) is 0 Å². The van der Waals surface area contributed by atoms with Crippen LogP contribution < -0.4 is 5.73 Å². The molecule has 3 atom stereocenters. The van der Waals surface area contributed by atoms with Gasteiger partial charge >= 0.3 is 5.97 Å². The van der Waals surface area contributed by atoms with Crippen molar-refractivity contribution in [2.24, 2.45) is 5.92 Å². The van der Waals surface area contributed by atoms with Crippen LogP contribution in [0, 0.1) is 5.92 Å². The number of pyridine rings is 1. The van der Waals surface area contributed by atoms with E-state index >= 15 is 0 Å². The summed E-state index contributed by atoms with van der Waals surface area (Å²) in [5.74, 6) is -0.197. The molecule has 0 unspecified atom stereocenters. The van der Waals surface area contributed by atoms with Crippen molar-refractivity contribution in [3.63, 3.8) is 0 Å². The number of nitrogens with two attached hydrogens (primary N) is 1. The first-order valence-corrected chi connectivity index (χ1v) is 12.7. The van der Waals surface area contributed by atoms with Crippen LogP contribution in [0.25, 0.3) is 0 Å². The Morgan fingerprint density at radius 3 is 2.67 bits per heavy atom. The fourth-order valence-electron chi connectivity index (χ4n) is 4.11. The van der Waals surface area contributed by atoms with Crippen LogP contribution in [0.5, 0.6) is 0 Å². The first-order valence-electron chi connectivity index (χ1n) is 9.72. The van der Waals surface area contributed by atoms with E-state index < -0.39 is 8.32 Å². The SMILES string of the molecule is CC(=O)O[C@H]1C[C@@H](c2ccncc2N)OC2(CC2)[C@@H]1CC(C)(C)[Si](C)(C)O. The Balaban J connectivity index is 1.91. The Morgan fingerprint density at radius 2 is 2.15 bits per heavy atom. The van der Waals surface area contributed by atoms with Crippen molar-refractivity contribution in [1.29, 1.82) is 0 Å². The summed E-state index contributed by atoms with van der Waals surface area (Å²) >= 11 is 0. The molecule has 150 valence electrons. The molecule has 2 fully saturated rings. The second kappa shape index (κ2) is 6.86. The van der Waals surface area contributed by atoms with E-state index in [1.165, 1.54) is 6.92 Å². The van der Waals surface area contributed by atoms with Gasteiger partial charge in [0.25, 0.3) is 0 Å². The summed E-state index contributed by atoms with van der Waals surface area (Å²) in [5.41, 5.74) is 7.33. The van der Waals surface area contributed by atoms with Crippen LogP contribution in [0.2, 0.25) is 18.1 Å². The number of nitrogen functional groups attached to an aromatic ring is 1. The van der Waals surface area contributed by atoms with Gasteiger partial charge in [0.2, 0.25) is 0 Å². The molecule has 0 bridgehead atoms. The molecule has 2 aliphatic rings. The molecule has 1 aliphatic carbocycles. The maximum atomic E-state index is 11.8. The van der Waals surface area contributed by atoms with Gasteiger partial charge in [0.15, 0.2) is 8.32 Å². The van der Waals surface area contributed by atoms with Gasteiger partial charge in [0.1, 0.15) is 6.10 Å². The molecule has 1 saturated carbocycles. The summed E-state index contributed by atoms with van der Waals surface area (Å²) in [6.07, 6.45) is 6.13. The summed E-state index contributed by atoms with van der Waals surface area (Å²) in [6.45, 7) is 9.63. The predicted molar refractivity (Wildman–Crippen MR) is 106 cm³/mol. The van der Waals surface area contributed by atoms with Gasteiger partial charge in [-0.05, 0) is 43.5 Å². The van der Waals surface area contributed by atoms with Crippen LogP contribution in [0.4, 0.5) is 5.69 Å². The zero-order valence-corrected chi connectivity index (χ0v) is 18.0.